The topological polar surface area (TPSA) is 65.8 Å². The highest BCUT2D eigenvalue weighted by molar-refractivity contribution is 7.87. The number of rotatable bonds is 5. The second kappa shape index (κ2) is 7.32. The van der Waals surface area contributed by atoms with E-state index in [4.69, 9.17) is 0 Å². The number of hydrogen-bond donors (Lipinski definition) is 1. The monoisotopic (exact) mass is 423 g/mol. The number of benzene rings is 2. The Bertz CT molecular complexity index is 1120. The maximum atomic E-state index is 13.8. The number of hydrogen-bond acceptors (Lipinski definition) is 3. The Balaban J connectivity index is 1.66. The first kappa shape index (κ1) is 20.2. The largest absolute Gasteiger partial charge is 0.390 e. The van der Waals surface area contributed by atoms with E-state index in [1.54, 1.807) is 16.7 Å². The summed E-state index contributed by atoms with van der Waals surface area (Å²) in [7, 11) is -3.60. The Morgan fingerprint density at radius 1 is 0.966 bits per heavy atom. The molecule has 3 aromatic rings. The van der Waals surface area contributed by atoms with Gasteiger partial charge in [-0.2, -0.15) is 17.0 Å². The Kier molecular flexibility index (Phi) is 5.10. The maximum absolute atomic E-state index is 13.8. The van der Waals surface area contributed by atoms with Crippen LogP contribution < -0.4 is 0 Å². The molecule has 1 unspecified atom stereocenters. The zero-order chi connectivity index (χ0) is 20.9. The van der Waals surface area contributed by atoms with Crippen LogP contribution in [0.5, 0.6) is 0 Å². The van der Waals surface area contributed by atoms with Crippen LogP contribution in [0.25, 0.3) is 21.8 Å². The number of aliphatic hydroxyl groups excluding tert-OH is 1. The number of halogens is 2. The van der Waals surface area contributed by atoms with Crippen molar-refractivity contribution in [2.75, 3.05) is 19.6 Å². The van der Waals surface area contributed by atoms with Gasteiger partial charge in [-0.3, -0.25) is 0 Å². The number of β-amino-alcohol motifs (C(OH)–C–C–N with tert-alkyl or cyclic N) is 1. The number of aromatic nitrogens is 1. The lowest BCUT2D eigenvalue weighted by atomic mass is 10.1. The zero-order valence-corrected chi connectivity index (χ0v) is 17.0. The number of nitrogens with zero attached hydrogens (tertiary/aromatic N) is 3. The average Bonchev–Trinajstić information content (AvgIpc) is 3.09. The van der Waals surface area contributed by atoms with Gasteiger partial charge in [-0.05, 0) is 50.2 Å². The third kappa shape index (κ3) is 3.52. The molecule has 0 saturated carbocycles. The summed E-state index contributed by atoms with van der Waals surface area (Å²) in [6.45, 7) is 4.39. The lowest BCUT2D eigenvalue weighted by Crippen LogP contribution is -2.40. The minimum absolute atomic E-state index is 0.0465. The van der Waals surface area contributed by atoms with E-state index in [1.165, 1.54) is 32.9 Å². The number of fused-ring (bicyclic) bond motifs is 3. The van der Waals surface area contributed by atoms with Gasteiger partial charge >= 0.3 is 0 Å². The fraction of sp³-hybridized carbons (Fsp3) is 0.400. The van der Waals surface area contributed by atoms with Crippen molar-refractivity contribution in [2.45, 2.75) is 32.5 Å². The molecule has 1 fully saturated rings. The molecule has 29 heavy (non-hydrogen) atoms. The molecule has 1 atom stereocenters. The summed E-state index contributed by atoms with van der Waals surface area (Å²) in [5, 5.41) is 11.8. The summed E-state index contributed by atoms with van der Waals surface area (Å²) in [4.78, 5) is 0. The lowest BCUT2D eigenvalue weighted by Gasteiger charge is -2.23. The molecular formula is C20H23F2N3O3S. The molecule has 0 bridgehead atoms. The van der Waals surface area contributed by atoms with Crippen molar-refractivity contribution in [2.24, 2.45) is 0 Å². The maximum Gasteiger partial charge on any atom is 0.282 e. The highest BCUT2D eigenvalue weighted by Gasteiger charge is 2.38. The summed E-state index contributed by atoms with van der Waals surface area (Å²) >= 11 is 0. The van der Waals surface area contributed by atoms with Crippen LogP contribution in [0, 0.1) is 11.6 Å². The smallest absolute Gasteiger partial charge is 0.282 e. The highest BCUT2D eigenvalue weighted by Crippen LogP contribution is 2.31. The predicted molar refractivity (Wildman–Crippen MR) is 108 cm³/mol. The Morgan fingerprint density at radius 2 is 1.52 bits per heavy atom. The molecule has 0 radical (unpaired) electrons. The van der Waals surface area contributed by atoms with Crippen molar-refractivity contribution < 1.29 is 22.3 Å². The first-order valence-electron chi connectivity index (χ1n) is 9.50. The lowest BCUT2D eigenvalue weighted by molar-refractivity contribution is 0.133. The molecule has 1 aromatic heterocycles. The van der Waals surface area contributed by atoms with Crippen LogP contribution in [-0.2, 0) is 16.8 Å². The summed E-state index contributed by atoms with van der Waals surface area (Å²) in [6.07, 6.45) is -0.981. The molecule has 6 nitrogen and oxygen atoms in total. The van der Waals surface area contributed by atoms with Crippen molar-refractivity contribution in [3.63, 3.8) is 0 Å². The van der Waals surface area contributed by atoms with Gasteiger partial charge in [0.1, 0.15) is 11.6 Å². The normalized spacial score (nSPS) is 19.0. The standard InChI is InChI=1S/C20H23F2N3O3S/c1-13(2)25-8-7-23(29(25,27)28)11-16(26)12-24-19-5-3-14(21)9-17(19)18-10-15(22)4-6-20(18)24/h3-6,9-10,13,16,26H,7-8,11-12H2,1-2H3. The first-order chi connectivity index (χ1) is 13.7. The molecule has 2 heterocycles. The minimum atomic E-state index is -3.60. The first-order valence-corrected chi connectivity index (χ1v) is 10.9. The summed E-state index contributed by atoms with van der Waals surface area (Å²) in [6, 6.07) is 8.32. The summed E-state index contributed by atoms with van der Waals surface area (Å²) in [5.41, 5.74) is 1.30. The van der Waals surface area contributed by atoms with Gasteiger partial charge in [-0.25, -0.2) is 8.78 Å². The van der Waals surface area contributed by atoms with E-state index in [2.05, 4.69) is 0 Å². The van der Waals surface area contributed by atoms with E-state index in [-0.39, 0.29) is 19.1 Å². The third-order valence-corrected chi connectivity index (χ3v) is 7.55. The van der Waals surface area contributed by atoms with Crippen LogP contribution in [0.4, 0.5) is 8.78 Å². The second-order valence-corrected chi connectivity index (χ2v) is 9.54. The summed E-state index contributed by atoms with van der Waals surface area (Å²) < 4.78 is 57.2. The van der Waals surface area contributed by atoms with E-state index in [9.17, 15) is 22.3 Å². The molecule has 1 N–H and O–H groups in total. The van der Waals surface area contributed by atoms with Crippen LogP contribution in [-0.4, -0.2) is 58.5 Å². The zero-order valence-electron chi connectivity index (χ0n) is 16.2. The van der Waals surface area contributed by atoms with Gasteiger partial charge in [0.05, 0.1) is 12.6 Å². The van der Waals surface area contributed by atoms with Crippen LogP contribution in [0.3, 0.4) is 0 Å². The van der Waals surface area contributed by atoms with Crippen molar-refractivity contribution >= 4 is 32.0 Å². The quantitative estimate of drug-likeness (QED) is 0.686. The minimum Gasteiger partial charge on any atom is -0.390 e. The third-order valence-electron chi connectivity index (χ3n) is 5.37. The fourth-order valence-electron chi connectivity index (χ4n) is 4.05. The molecule has 1 aliphatic heterocycles. The van der Waals surface area contributed by atoms with E-state index in [1.807, 2.05) is 13.8 Å². The predicted octanol–water partition coefficient (Wildman–Crippen LogP) is 2.70. The van der Waals surface area contributed by atoms with Crippen molar-refractivity contribution in [1.82, 2.24) is 13.2 Å². The Labute approximate surface area is 168 Å². The molecule has 0 amide bonds. The van der Waals surface area contributed by atoms with Crippen LogP contribution in [0.1, 0.15) is 13.8 Å². The van der Waals surface area contributed by atoms with Crippen LogP contribution >= 0.6 is 0 Å². The molecule has 4 rings (SSSR count). The molecule has 0 spiro atoms. The summed E-state index contributed by atoms with van der Waals surface area (Å²) in [5.74, 6) is -0.864. The van der Waals surface area contributed by atoms with E-state index < -0.39 is 27.9 Å². The molecule has 9 heteroatoms. The van der Waals surface area contributed by atoms with Gasteiger partial charge < -0.3 is 9.67 Å². The van der Waals surface area contributed by atoms with Gasteiger partial charge in [0.15, 0.2) is 0 Å². The second-order valence-electron chi connectivity index (χ2n) is 7.66. The van der Waals surface area contributed by atoms with Gasteiger partial charge in [0.2, 0.25) is 0 Å². The van der Waals surface area contributed by atoms with Gasteiger partial charge in [0.25, 0.3) is 10.2 Å². The number of aliphatic hydroxyl groups is 1. The van der Waals surface area contributed by atoms with E-state index in [0.717, 1.165) is 0 Å². The van der Waals surface area contributed by atoms with Gasteiger partial charge in [-0.1, -0.05) is 0 Å². The van der Waals surface area contributed by atoms with Crippen molar-refractivity contribution in [3.05, 3.63) is 48.0 Å². The van der Waals surface area contributed by atoms with E-state index >= 15 is 0 Å². The van der Waals surface area contributed by atoms with Gasteiger partial charge in [-0.15, -0.1) is 0 Å². The molecule has 2 aromatic carbocycles. The van der Waals surface area contributed by atoms with Gasteiger partial charge in [0, 0.05) is 47.5 Å². The Hall–Kier alpha value is -2.07. The molecule has 1 saturated heterocycles. The van der Waals surface area contributed by atoms with Crippen molar-refractivity contribution in [3.8, 4) is 0 Å². The molecule has 1 aliphatic rings. The fourth-order valence-corrected chi connectivity index (χ4v) is 5.86. The average molecular weight is 423 g/mol. The molecule has 0 aliphatic carbocycles. The highest BCUT2D eigenvalue weighted by atomic mass is 32.2. The van der Waals surface area contributed by atoms with Crippen molar-refractivity contribution in [1.29, 1.82) is 0 Å². The molecule has 156 valence electrons. The van der Waals surface area contributed by atoms with Crippen LogP contribution in [0.2, 0.25) is 0 Å². The molecular weight excluding hydrogens is 400 g/mol. The van der Waals surface area contributed by atoms with E-state index in [0.29, 0.717) is 34.9 Å². The Morgan fingerprint density at radius 3 is 2.00 bits per heavy atom. The van der Waals surface area contributed by atoms with Crippen LogP contribution in [0.15, 0.2) is 36.4 Å². The SMILES string of the molecule is CC(C)N1CCN(CC(O)Cn2c3ccc(F)cc3c3cc(F)ccc32)S1(=O)=O.